The fourth-order valence-electron chi connectivity index (χ4n) is 1.91. The Morgan fingerprint density at radius 3 is 2.23 bits per heavy atom. The van der Waals surface area contributed by atoms with Crippen LogP contribution in [0.1, 0.15) is 24.8 Å². The number of benzene rings is 1. The Balaban J connectivity index is 2.28. The first-order chi connectivity index (χ1) is 6.27. The van der Waals surface area contributed by atoms with Crippen molar-refractivity contribution in [3.63, 3.8) is 0 Å². The van der Waals surface area contributed by atoms with Crippen molar-refractivity contribution >= 4 is 11.6 Å². The van der Waals surface area contributed by atoms with Crippen molar-refractivity contribution in [1.29, 1.82) is 0 Å². The van der Waals surface area contributed by atoms with E-state index in [0.717, 1.165) is 29.8 Å². The quantitative estimate of drug-likeness (QED) is 0.679. The maximum atomic E-state index is 12.8. The van der Waals surface area contributed by atoms with Gasteiger partial charge in [-0.3, -0.25) is 4.39 Å². The van der Waals surface area contributed by atoms with Crippen LogP contribution in [0.15, 0.2) is 24.3 Å². The van der Waals surface area contributed by atoms with Crippen molar-refractivity contribution in [1.82, 2.24) is 0 Å². The second kappa shape index (κ2) is 3.30. The molecule has 1 saturated carbocycles. The average molecular weight is 199 g/mol. The molecular formula is C11H12ClF. The SMILES string of the molecule is FCC1(c2ccc(Cl)cc2)CCC1. The molecule has 0 aliphatic heterocycles. The van der Waals surface area contributed by atoms with Crippen LogP contribution in [0.25, 0.3) is 0 Å². The van der Waals surface area contributed by atoms with Gasteiger partial charge < -0.3 is 0 Å². The Kier molecular flexibility index (Phi) is 2.29. The fourth-order valence-corrected chi connectivity index (χ4v) is 2.03. The highest BCUT2D eigenvalue weighted by Crippen LogP contribution is 2.44. The molecule has 0 N–H and O–H groups in total. The largest absolute Gasteiger partial charge is 0.250 e. The van der Waals surface area contributed by atoms with Crippen LogP contribution in [0.2, 0.25) is 5.02 Å². The van der Waals surface area contributed by atoms with Crippen molar-refractivity contribution in [2.24, 2.45) is 0 Å². The summed E-state index contributed by atoms with van der Waals surface area (Å²) in [6.07, 6.45) is 3.10. The van der Waals surface area contributed by atoms with Gasteiger partial charge in [0.2, 0.25) is 0 Å². The van der Waals surface area contributed by atoms with E-state index < -0.39 is 0 Å². The maximum Gasteiger partial charge on any atom is 0.0990 e. The topological polar surface area (TPSA) is 0 Å². The molecule has 13 heavy (non-hydrogen) atoms. The van der Waals surface area contributed by atoms with Crippen molar-refractivity contribution in [3.8, 4) is 0 Å². The van der Waals surface area contributed by atoms with Gasteiger partial charge in [-0.25, -0.2) is 0 Å². The summed E-state index contributed by atoms with van der Waals surface area (Å²) in [6.45, 7) is -0.241. The van der Waals surface area contributed by atoms with E-state index in [2.05, 4.69) is 0 Å². The second-order valence-electron chi connectivity index (χ2n) is 3.77. The molecule has 0 unspecified atom stereocenters. The molecule has 1 fully saturated rings. The summed E-state index contributed by atoms with van der Waals surface area (Å²) in [5.74, 6) is 0. The minimum absolute atomic E-state index is 0.176. The molecule has 1 aromatic carbocycles. The zero-order chi connectivity index (χ0) is 9.31. The van der Waals surface area contributed by atoms with Gasteiger partial charge >= 0.3 is 0 Å². The highest BCUT2D eigenvalue weighted by atomic mass is 35.5. The lowest BCUT2D eigenvalue weighted by atomic mass is 9.65. The molecule has 1 aromatic rings. The van der Waals surface area contributed by atoms with E-state index in [0.29, 0.717) is 0 Å². The van der Waals surface area contributed by atoms with Gasteiger partial charge in [0.1, 0.15) is 0 Å². The fraction of sp³-hybridized carbons (Fsp3) is 0.455. The third kappa shape index (κ3) is 1.46. The summed E-state index contributed by atoms with van der Waals surface area (Å²) in [7, 11) is 0. The van der Waals surface area contributed by atoms with Gasteiger partial charge in [0, 0.05) is 10.4 Å². The Morgan fingerprint density at radius 2 is 1.85 bits per heavy atom. The minimum atomic E-state index is -0.241. The van der Waals surface area contributed by atoms with Crippen LogP contribution >= 0.6 is 11.6 Å². The third-order valence-corrected chi connectivity index (χ3v) is 3.28. The highest BCUT2D eigenvalue weighted by Gasteiger charge is 2.38. The lowest BCUT2D eigenvalue weighted by Crippen LogP contribution is -2.36. The summed E-state index contributed by atoms with van der Waals surface area (Å²) in [6, 6.07) is 7.57. The molecule has 0 saturated heterocycles. The monoisotopic (exact) mass is 198 g/mol. The van der Waals surface area contributed by atoms with E-state index in [1.54, 1.807) is 0 Å². The van der Waals surface area contributed by atoms with Gasteiger partial charge in [-0.1, -0.05) is 30.2 Å². The lowest BCUT2D eigenvalue weighted by molar-refractivity contribution is 0.185. The number of alkyl halides is 1. The number of halogens is 2. The first-order valence-corrected chi connectivity index (χ1v) is 4.97. The Morgan fingerprint density at radius 1 is 1.23 bits per heavy atom. The molecule has 1 aliphatic rings. The standard InChI is InChI=1S/C11H12ClF/c12-10-4-2-9(3-5-10)11(8-13)6-1-7-11/h2-5H,1,6-8H2. The van der Waals surface area contributed by atoms with Gasteiger partial charge in [-0.2, -0.15) is 0 Å². The van der Waals surface area contributed by atoms with Gasteiger partial charge in [-0.05, 0) is 30.5 Å². The second-order valence-corrected chi connectivity index (χ2v) is 4.21. The molecule has 2 rings (SSSR count). The molecule has 0 aromatic heterocycles. The lowest BCUT2D eigenvalue weighted by Gasteiger charge is -2.40. The molecular weight excluding hydrogens is 187 g/mol. The molecule has 0 nitrogen and oxygen atoms in total. The highest BCUT2D eigenvalue weighted by molar-refractivity contribution is 6.30. The summed E-state index contributed by atoms with van der Waals surface area (Å²) in [5.41, 5.74) is 0.926. The van der Waals surface area contributed by atoms with Gasteiger partial charge in [0.25, 0.3) is 0 Å². The van der Waals surface area contributed by atoms with E-state index >= 15 is 0 Å². The van der Waals surface area contributed by atoms with Crippen LogP contribution in [-0.2, 0) is 5.41 Å². The molecule has 0 spiro atoms. The number of hydrogen-bond acceptors (Lipinski definition) is 0. The first-order valence-electron chi connectivity index (χ1n) is 4.59. The third-order valence-electron chi connectivity index (χ3n) is 3.02. The van der Waals surface area contributed by atoms with Crippen LogP contribution in [0.4, 0.5) is 4.39 Å². The van der Waals surface area contributed by atoms with E-state index in [9.17, 15) is 4.39 Å². The van der Waals surface area contributed by atoms with E-state index in [1.807, 2.05) is 24.3 Å². The van der Waals surface area contributed by atoms with Crippen LogP contribution in [0.3, 0.4) is 0 Å². The van der Waals surface area contributed by atoms with E-state index in [-0.39, 0.29) is 12.1 Å². The molecule has 0 radical (unpaired) electrons. The zero-order valence-electron chi connectivity index (χ0n) is 7.39. The van der Waals surface area contributed by atoms with Crippen LogP contribution in [0, 0.1) is 0 Å². The van der Waals surface area contributed by atoms with Gasteiger partial charge in [-0.15, -0.1) is 0 Å². The summed E-state index contributed by atoms with van der Waals surface area (Å²) in [4.78, 5) is 0. The molecule has 0 bridgehead atoms. The Hall–Kier alpha value is -0.560. The van der Waals surface area contributed by atoms with Crippen LogP contribution in [-0.4, -0.2) is 6.67 Å². The summed E-state index contributed by atoms with van der Waals surface area (Å²) < 4.78 is 12.8. The van der Waals surface area contributed by atoms with Gasteiger partial charge in [0.05, 0.1) is 6.67 Å². The van der Waals surface area contributed by atoms with Crippen LogP contribution in [0.5, 0.6) is 0 Å². The molecule has 70 valence electrons. The zero-order valence-corrected chi connectivity index (χ0v) is 8.15. The molecule has 0 heterocycles. The van der Waals surface area contributed by atoms with Gasteiger partial charge in [0.15, 0.2) is 0 Å². The minimum Gasteiger partial charge on any atom is -0.250 e. The van der Waals surface area contributed by atoms with E-state index in [1.165, 1.54) is 0 Å². The van der Waals surface area contributed by atoms with Crippen molar-refractivity contribution < 1.29 is 4.39 Å². The predicted molar refractivity (Wildman–Crippen MR) is 53.0 cm³/mol. The number of rotatable bonds is 2. The first kappa shape index (κ1) is 9.01. The Bertz CT molecular complexity index is 282. The van der Waals surface area contributed by atoms with Crippen molar-refractivity contribution in [2.75, 3.05) is 6.67 Å². The normalized spacial score (nSPS) is 19.5. The van der Waals surface area contributed by atoms with Crippen molar-refractivity contribution in [2.45, 2.75) is 24.7 Å². The smallest absolute Gasteiger partial charge is 0.0990 e. The van der Waals surface area contributed by atoms with Crippen molar-refractivity contribution in [3.05, 3.63) is 34.9 Å². The molecule has 0 amide bonds. The molecule has 0 atom stereocenters. The molecule has 2 heteroatoms. The van der Waals surface area contributed by atoms with E-state index in [4.69, 9.17) is 11.6 Å². The average Bonchev–Trinajstić information content (AvgIpc) is 2.07. The number of hydrogen-bond donors (Lipinski definition) is 0. The predicted octanol–water partition coefficient (Wildman–Crippen LogP) is 3.73. The summed E-state index contributed by atoms with van der Waals surface area (Å²) in [5, 5.41) is 0.720. The van der Waals surface area contributed by atoms with Crippen LogP contribution < -0.4 is 0 Å². The maximum absolute atomic E-state index is 12.8. The summed E-state index contributed by atoms with van der Waals surface area (Å²) >= 11 is 5.77. The molecule has 1 aliphatic carbocycles. The Labute approximate surface area is 82.7 Å².